The Kier molecular flexibility index (Phi) is 4.83. The van der Waals surface area contributed by atoms with Gasteiger partial charge in [0.2, 0.25) is 0 Å². The Morgan fingerprint density at radius 3 is 2.86 bits per heavy atom. The lowest BCUT2D eigenvalue weighted by Gasteiger charge is -2.11. The maximum Gasteiger partial charge on any atom is 0.349 e. The quantitative estimate of drug-likeness (QED) is 0.744. The minimum atomic E-state index is -0.668. The number of ether oxygens (including phenoxy) is 2. The molecule has 0 saturated carbocycles. The first-order valence-electron chi connectivity index (χ1n) is 9.06. The summed E-state index contributed by atoms with van der Waals surface area (Å²) in [5.74, 6) is 0.629. The largest absolute Gasteiger partial charge is 0.497 e. The van der Waals surface area contributed by atoms with E-state index in [1.165, 1.54) is 0 Å². The molecule has 3 aromatic rings. The molecule has 7 heteroatoms. The summed E-state index contributed by atoms with van der Waals surface area (Å²) in [5.41, 5.74) is 1.11. The highest BCUT2D eigenvalue weighted by Gasteiger charge is 2.24. The highest BCUT2D eigenvalue weighted by molar-refractivity contribution is 6.05. The van der Waals surface area contributed by atoms with Gasteiger partial charge in [-0.2, -0.15) is 0 Å². The first-order chi connectivity index (χ1) is 13.5. The van der Waals surface area contributed by atoms with Crippen LogP contribution in [0.1, 0.15) is 40.6 Å². The number of amides is 1. The number of fused-ring (bicyclic) bond motifs is 1. The maximum absolute atomic E-state index is 12.7. The summed E-state index contributed by atoms with van der Waals surface area (Å²) in [6.07, 6.45) is 3.06. The van der Waals surface area contributed by atoms with E-state index in [1.54, 1.807) is 32.4 Å². The monoisotopic (exact) mass is 380 g/mol. The second-order valence-electron chi connectivity index (χ2n) is 6.73. The van der Waals surface area contributed by atoms with Gasteiger partial charge in [-0.3, -0.25) is 9.78 Å². The normalized spacial score (nSPS) is 16.3. The van der Waals surface area contributed by atoms with Crippen LogP contribution in [0.5, 0.6) is 5.75 Å². The molecule has 1 N–H and O–H groups in total. The molecule has 1 atom stereocenters. The topological polar surface area (TPSA) is 90.7 Å². The molecular weight excluding hydrogens is 360 g/mol. The molecule has 3 heterocycles. The summed E-state index contributed by atoms with van der Waals surface area (Å²) >= 11 is 0. The number of nitrogens with zero attached hydrogens (tertiary/aromatic N) is 1. The zero-order chi connectivity index (χ0) is 19.7. The molecule has 1 aromatic carbocycles. The lowest BCUT2D eigenvalue weighted by molar-refractivity contribution is 0.0895. The van der Waals surface area contributed by atoms with Crippen molar-refractivity contribution in [3.63, 3.8) is 0 Å². The second-order valence-corrected chi connectivity index (χ2v) is 6.73. The number of carbonyl (C=O) groups is 1. The Morgan fingerprint density at radius 2 is 2.14 bits per heavy atom. The molecule has 0 aliphatic carbocycles. The number of benzene rings is 1. The van der Waals surface area contributed by atoms with Crippen LogP contribution in [0.3, 0.4) is 0 Å². The molecule has 144 valence electrons. The summed E-state index contributed by atoms with van der Waals surface area (Å²) in [6, 6.07) is 8.96. The minimum Gasteiger partial charge on any atom is -0.497 e. The van der Waals surface area contributed by atoms with Crippen molar-refractivity contribution >= 4 is 22.5 Å². The Morgan fingerprint density at radius 1 is 1.29 bits per heavy atom. The summed E-state index contributed by atoms with van der Waals surface area (Å²) in [7, 11) is 1.59. The standard InChI is InChI=1S/C21H20N2O5/c1-12-8-18(17-4-3-7-27-17)28-21(25)19(12)20(24)23-14-9-13-10-15(26-2)5-6-16(13)22-11-14/h5-6,8-11,17H,3-4,7H2,1-2H3,(H,23,24). The Hall–Kier alpha value is -3.19. The van der Waals surface area contributed by atoms with Crippen molar-refractivity contribution in [2.45, 2.75) is 25.9 Å². The predicted molar refractivity (Wildman–Crippen MR) is 104 cm³/mol. The van der Waals surface area contributed by atoms with Gasteiger partial charge in [0.1, 0.15) is 23.2 Å². The van der Waals surface area contributed by atoms with Crippen LogP contribution >= 0.6 is 0 Å². The fraction of sp³-hybridized carbons (Fsp3) is 0.286. The van der Waals surface area contributed by atoms with Gasteiger partial charge in [0.05, 0.1) is 24.5 Å². The van der Waals surface area contributed by atoms with Crippen LogP contribution in [0, 0.1) is 6.92 Å². The average molecular weight is 380 g/mol. The molecule has 1 unspecified atom stereocenters. The van der Waals surface area contributed by atoms with E-state index in [-0.39, 0.29) is 11.7 Å². The van der Waals surface area contributed by atoms with Crippen molar-refractivity contribution < 1.29 is 18.7 Å². The fourth-order valence-electron chi connectivity index (χ4n) is 3.37. The lowest BCUT2D eigenvalue weighted by Crippen LogP contribution is -2.23. The molecule has 28 heavy (non-hydrogen) atoms. The number of aryl methyl sites for hydroxylation is 1. The van der Waals surface area contributed by atoms with Crippen LogP contribution in [0.25, 0.3) is 10.9 Å². The van der Waals surface area contributed by atoms with Gasteiger partial charge in [-0.25, -0.2) is 4.79 Å². The molecule has 1 saturated heterocycles. The summed E-state index contributed by atoms with van der Waals surface area (Å²) < 4.78 is 16.1. The van der Waals surface area contributed by atoms with Crippen molar-refractivity contribution in [1.29, 1.82) is 0 Å². The molecule has 0 spiro atoms. The molecule has 1 aliphatic rings. The third-order valence-electron chi connectivity index (χ3n) is 4.79. The highest BCUT2D eigenvalue weighted by Crippen LogP contribution is 2.28. The van der Waals surface area contributed by atoms with Crippen molar-refractivity contribution in [2.75, 3.05) is 19.0 Å². The van der Waals surface area contributed by atoms with Gasteiger partial charge in [-0.1, -0.05) is 0 Å². The van der Waals surface area contributed by atoms with Gasteiger partial charge in [0.15, 0.2) is 0 Å². The van der Waals surface area contributed by atoms with Gasteiger partial charge in [0.25, 0.3) is 5.91 Å². The van der Waals surface area contributed by atoms with E-state index in [1.807, 2.05) is 18.2 Å². The maximum atomic E-state index is 12.7. The number of anilines is 1. The first-order valence-corrected chi connectivity index (χ1v) is 9.06. The van der Waals surface area contributed by atoms with E-state index in [4.69, 9.17) is 13.9 Å². The minimum absolute atomic E-state index is 0.0208. The number of nitrogens with one attached hydrogen (secondary N) is 1. The van der Waals surface area contributed by atoms with Gasteiger partial charge in [-0.05, 0) is 55.7 Å². The molecule has 7 nitrogen and oxygen atoms in total. The smallest absolute Gasteiger partial charge is 0.349 e. The third kappa shape index (κ3) is 3.48. The number of rotatable bonds is 4. The summed E-state index contributed by atoms with van der Waals surface area (Å²) in [4.78, 5) is 29.4. The van der Waals surface area contributed by atoms with Crippen LogP contribution < -0.4 is 15.7 Å². The van der Waals surface area contributed by atoms with E-state index < -0.39 is 11.5 Å². The molecule has 0 bridgehead atoms. The van der Waals surface area contributed by atoms with Crippen LogP contribution in [0.2, 0.25) is 0 Å². The third-order valence-corrected chi connectivity index (χ3v) is 4.79. The first kappa shape index (κ1) is 18.2. The SMILES string of the molecule is COc1ccc2ncc(NC(=O)c3c(C)cc(C4CCCO4)oc3=O)cc2c1. The number of methoxy groups -OCH3 is 1. The Bertz CT molecular complexity index is 1100. The number of carbonyl (C=O) groups excluding carboxylic acids is 1. The average Bonchev–Trinajstić information content (AvgIpc) is 3.21. The van der Waals surface area contributed by atoms with Crippen molar-refractivity contribution in [3.8, 4) is 5.75 Å². The van der Waals surface area contributed by atoms with Gasteiger partial charge >= 0.3 is 5.63 Å². The van der Waals surface area contributed by atoms with E-state index >= 15 is 0 Å². The van der Waals surface area contributed by atoms with Gasteiger partial charge < -0.3 is 19.2 Å². The van der Waals surface area contributed by atoms with E-state index in [2.05, 4.69) is 10.3 Å². The number of hydrogen-bond acceptors (Lipinski definition) is 6. The molecule has 4 rings (SSSR count). The van der Waals surface area contributed by atoms with Gasteiger partial charge in [-0.15, -0.1) is 0 Å². The Labute approximate surface area is 161 Å². The fourth-order valence-corrected chi connectivity index (χ4v) is 3.37. The molecule has 1 aliphatic heterocycles. The highest BCUT2D eigenvalue weighted by atomic mass is 16.5. The predicted octanol–water partition coefficient (Wildman–Crippen LogP) is 3.61. The van der Waals surface area contributed by atoms with E-state index in [9.17, 15) is 9.59 Å². The van der Waals surface area contributed by atoms with Crippen molar-refractivity contribution in [3.05, 3.63) is 63.8 Å². The number of aromatic nitrogens is 1. The molecule has 1 fully saturated rings. The molecule has 0 radical (unpaired) electrons. The number of hydrogen-bond donors (Lipinski definition) is 1. The summed E-state index contributed by atoms with van der Waals surface area (Å²) in [6.45, 7) is 2.36. The Balaban J connectivity index is 1.61. The second kappa shape index (κ2) is 7.44. The van der Waals surface area contributed by atoms with Gasteiger partial charge in [0, 0.05) is 12.0 Å². The van der Waals surface area contributed by atoms with Crippen molar-refractivity contribution in [2.24, 2.45) is 0 Å². The zero-order valence-corrected chi connectivity index (χ0v) is 15.7. The number of pyridine rings is 1. The van der Waals surface area contributed by atoms with Crippen LogP contribution in [-0.2, 0) is 4.74 Å². The van der Waals surface area contributed by atoms with E-state index in [0.29, 0.717) is 29.4 Å². The summed E-state index contributed by atoms with van der Waals surface area (Å²) in [5, 5.41) is 3.54. The van der Waals surface area contributed by atoms with Crippen LogP contribution in [0.4, 0.5) is 5.69 Å². The molecular formula is C21H20N2O5. The van der Waals surface area contributed by atoms with Crippen molar-refractivity contribution in [1.82, 2.24) is 4.98 Å². The lowest BCUT2D eigenvalue weighted by atomic mass is 10.1. The molecule has 2 aromatic heterocycles. The van der Waals surface area contributed by atoms with Crippen LogP contribution in [0.15, 0.2) is 45.7 Å². The molecule has 1 amide bonds. The van der Waals surface area contributed by atoms with Crippen LogP contribution in [-0.4, -0.2) is 24.6 Å². The van der Waals surface area contributed by atoms with E-state index in [0.717, 1.165) is 23.7 Å². The zero-order valence-electron chi connectivity index (χ0n) is 15.7.